The Morgan fingerprint density at radius 2 is 1.68 bits per heavy atom. The zero-order valence-electron chi connectivity index (χ0n) is 24.2. The van der Waals surface area contributed by atoms with E-state index in [2.05, 4.69) is 10.6 Å². The largest absolute Gasteiger partial charge is 0.508 e. The summed E-state index contributed by atoms with van der Waals surface area (Å²) in [5.41, 5.74) is -1.26. The molecule has 38 heavy (non-hydrogen) atoms. The Morgan fingerprint density at radius 1 is 1.05 bits per heavy atom. The third kappa shape index (κ3) is 11.0. The molecule has 10 heteroatoms. The summed E-state index contributed by atoms with van der Waals surface area (Å²) in [5, 5.41) is 15.6. The molecule has 0 aliphatic heterocycles. The van der Waals surface area contributed by atoms with Gasteiger partial charge in [0.15, 0.2) is 0 Å². The summed E-state index contributed by atoms with van der Waals surface area (Å²) in [6.45, 7) is 16.3. The van der Waals surface area contributed by atoms with E-state index in [0.717, 1.165) is 0 Å². The van der Waals surface area contributed by atoms with Crippen molar-refractivity contribution in [1.82, 2.24) is 15.5 Å². The molecule has 1 rings (SSSR count). The number of phenols is 1. The van der Waals surface area contributed by atoms with Gasteiger partial charge in [-0.05, 0) is 78.5 Å². The van der Waals surface area contributed by atoms with Gasteiger partial charge >= 0.3 is 12.1 Å². The number of phenolic OH excluding ortho intramolecular Hbond substituents is 1. The minimum Gasteiger partial charge on any atom is -0.508 e. The molecule has 0 aliphatic carbocycles. The highest BCUT2D eigenvalue weighted by Gasteiger charge is 2.42. The maximum absolute atomic E-state index is 14.1. The van der Waals surface area contributed by atoms with E-state index in [1.807, 2.05) is 13.8 Å². The highest BCUT2D eigenvalue weighted by Crippen LogP contribution is 2.32. The van der Waals surface area contributed by atoms with Crippen LogP contribution in [0.4, 0.5) is 4.79 Å². The van der Waals surface area contributed by atoms with E-state index >= 15 is 0 Å². The Bertz CT molecular complexity index is 964. The van der Waals surface area contributed by atoms with Gasteiger partial charge in [0, 0.05) is 12.1 Å². The lowest BCUT2D eigenvalue weighted by molar-refractivity contribution is -0.149. The molecule has 2 atom stereocenters. The highest BCUT2D eigenvalue weighted by molar-refractivity contribution is 5.92. The van der Waals surface area contributed by atoms with Crippen molar-refractivity contribution in [3.05, 3.63) is 29.8 Å². The first-order valence-corrected chi connectivity index (χ1v) is 13.0. The molecule has 1 aromatic rings. The molecule has 0 aromatic heterocycles. The Kier molecular flexibility index (Phi) is 12.1. The number of hydrogen-bond acceptors (Lipinski definition) is 7. The number of amides is 3. The summed E-state index contributed by atoms with van der Waals surface area (Å²) in [5.74, 6) is -1.50. The van der Waals surface area contributed by atoms with Crippen molar-refractivity contribution in [2.45, 2.75) is 98.4 Å². The van der Waals surface area contributed by atoms with Gasteiger partial charge < -0.3 is 30.1 Å². The van der Waals surface area contributed by atoms with E-state index in [0.29, 0.717) is 12.0 Å². The van der Waals surface area contributed by atoms with E-state index in [9.17, 15) is 24.3 Å². The van der Waals surface area contributed by atoms with Crippen molar-refractivity contribution in [2.24, 2.45) is 5.92 Å². The maximum atomic E-state index is 14.1. The second kappa shape index (κ2) is 14.0. The monoisotopic (exact) mass is 535 g/mol. The number of alkyl carbamates (subject to hydrolysis) is 1. The molecule has 10 nitrogen and oxygen atoms in total. The molecule has 0 saturated carbocycles. The summed E-state index contributed by atoms with van der Waals surface area (Å²) >= 11 is 0. The van der Waals surface area contributed by atoms with Crippen LogP contribution in [0.1, 0.15) is 86.8 Å². The van der Waals surface area contributed by atoms with Gasteiger partial charge in [-0.15, -0.1) is 0 Å². The Hall–Kier alpha value is -3.30. The number of benzene rings is 1. The quantitative estimate of drug-likeness (QED) is 0.364. The van der Waals surface area contributed by atoms with Crippen LogP contribution in [0.5, 0.6) is 5.75 Å². The van der Waals surface area contributed by atoms with Crippen molar-refractivity contribution < 1.29 is 33.8 Å². The summed E-state index contributed by atoms with van der Waals surface area (Å²) in [6, 6.07) is 3.97. The molecule has 1 aromatic carbocycles. The second-order valence-corrected chi connectivity index (χ2v) is 11.6. The van der Waals surface area contributed by atoms with Crippen molar-refractivity contribution in [3.63, 3.8) is 0 Å². The van der Waals surface area contributed by atoms with Crippen molar-refractivity contribution >= 4 is 23.9 Å². The highest BCUT2D eigenvalue weighted by atomic mass is 16.6. The minimum absolute atomic E-state index is 0.00470. The van der Waals surface area contributed by atoms with Crippen LogP contribution in [0, 0.1) is 5.92 Å². The van der Waals surface area contributed by atoms with Crippen LogP contribution in [0.2, 0.25) is 0 Å². The number of carbonyl (C=O) groups excluding carboxylic acids is 4. The van der Waals surface area contributed by atoms with Crippen LogP contribution in [-0.4, -0.2) is 64.2 Å². The number of nitrogens with one attached hydrogen (secondary N) is 2. The molecular weight excluding hydrogens is 490 g/mol. The van der Waals surface area contributed by atoms with E-state index in [1.54, 1.807) is 60.6 Å². The summed E-state index contributed by atoms with van der Waals surface area (Å²) in [4.78, 5) is 53.6. The first kappa shape index (κ1) is 32.7. The number of carbonyl (C=O) groups is 4. The van der Waals surface area contributed by atoms with Gasteiger partial charge in [0.05, 0.1) is 13.0 Å². The van der Waals surface area contributed by atoms with E-state index < -0.39 is 47.1 Å². The summed E-state index contributed by atoms with van der Waals surface area (Å²) < 4.78 is 10.3. The molecule has 0 spiro atoms. The average Bonchev–Trinajstić information content (AvgIpc) is 2.74. The third-order valence-corrected chi connectivity index (χ3v) is 5.28. The third-order valence-electron chi connectivity index (χ3n) is 5.28. The number of esters is 1. The number of rotatable bonds is 11. The molecule has 0 fully saturated rings. The van der Waals surface area contributed by atoms with Gasteiger partial charge in [0.25, 0.3) is 0 Å². The van der Waals surface area contributed by atoms with Crippen LogP contribution >= 0.6 is 0 Å². The molecule has 0 saturated heterocycles. The summed E-state index contributed by atoms with van der Waals surface area (Å²) in [7, 11) is 0. The van der Waals surface area contributed by atoms with Gasteiger partial charge in [0.1, 0.15) is 23.4 Å². The molecule has 0 bridgehead atoms. The predicted octanol–water partition coefficient (Wildman–Crippen LogP) is 4.07. The first-order chi connectivity index (χ1) is 17.5. The number of nitrogens with zero attached hydrogens (tertiary/aromatic N) is 1. The van der Waals surface area contributed by atoms with Crippen LogP contribution in [0.15, 0.2) is 24.3 Å². The normalized spacial score (nSPS) is 13.3. The summed E-state index contributed by atoms with van der Waals surface area (Å²) in [6.07, 6.45) is -0.466. The maximum Gasteiger partial charge on any atom is 0.408 e. The molecule has 3 amide bonds. The second-order valence-electron chi connectivity index (χ2n) is 11.6. The minimum atomic E-state index is -1.16. The van der Waals surface area contributed by atoms with Crippen LogP contribution < -0.4 is 10.6 Å². The molecule has 2 unspecified atom stereocenters. The van der Waals surface area contributed by atoms with E-state index in [4.69, 9.17) is 9.47 Å². The Labute approximate surface area is 226 Å². The lowest BCUT2D eigenvalue weighted by atomic mass is 9.93. The first-order valence-electron chi connectivity index (χ1n) is 13.0. The van der Waals surface area contributed by atoms with Crippen LogP contribution in [-0.2, 0) is 23.9 Å². The fourth-order valence-corrected chi connectivity index (χ4v) is 3.89. The van der Waals surface area contributed by atoms with Crippen LogP contribution in [0.3, 0.4) is 0 Å². The van der Waals surface area contributed by atoms with Crippen molar-refractivity contribution in [3.8, 4) is 5.75 Å². The number of hydrogen-bond donors (Lipinski definition) is 3. The average molecular weight is 536 g/mol. The van der Waals surface area contributed by atoms with Crippen molar-refractivity contribution in [1.29, 1.82) is 0 Å². The van der Waals surface area contributed by atoms with E-state index in [-0.39, 0.29) is 31.2 Å². The van der Waals surface area contributed by atoms with Gasteiger partial charge in [-0.2, -0.15) is 0 Å². The fraction of sp³-hybridized carbons (Fsp3) is 0.643. The molecule has 0 heterocycles. The molecule has 0 aliphatic rings. The number of aromatic hydroxyl groups is 1. The Balaban J connectivity index is 3.47. The van der Waals surface area contributed by atoms with Crippen molar-refractivity contribution in [2.75, 3.05) is 13.2 Å². The number of ether oxygens (including phenoxy) is 2. The fourth-order valence-electron chi connectivity index (χ4n) is 3.89. The standard InChI is InChI=1S/C28H45N3O7/c1-10-37-22(33)14-15-29-24(34)23(19-12-11-13-20(32)17-19)31(27(4,5)6)25(35)21(16-18(2)3)30-26(36)38-28(7,8)9/h11-13,17-18,21,23,32H,10,14-16H2,1-9H3,(H,29,34)(H,30,36). The van der Waals surface area contributed by atoms with Crippen LogP contribution in [0.25, 0.3) is 0 Å². The Morgan fingerprint density at radius 3 is 2.18 bits per heavy atom. The zero-order chi connectivity index (χ0) is 29.3. The molecule has 0 radical (unpaired) electrons. The molecule has 214 valence electrons. The molecular formula is C28H45N3O7. The smallest absolute Gasteiger partial charge is 0.408 e. The lowest BCUT2D eigenvalue weighted by Gasteiger charge is -2.43. The SMILES string of the molecule is CCOC(=O)CCNC(=O)C(c1cccc(O)c1)N(C(=O)C(CC(C)C)NC(=O)OC(C)(C)C)C(C)(C)C. The lowest BCUT2D eigenvalue weighted by Crippen LogP contribution is -2.59. The zero-order valence-corrected chi connectivity index (χ0v) is 24.2. The van der Waals surface area contributed by atoms with Gasteiger partial charge in [0.2, 0.25) is 11.8 Å². The van der Waals surface area contributed by atoms with Gasteiger partial charge in [-0.1, -0.05) is 26.0 Å². The van der Waals surface area contributed by atoms with E-state index in [1.165, 1.54) is 17.0 Å². The predicted molar refractivity (Wildman–Crippen MR) is 144 cm³/mol. The van der Waals surface area contributed by atoms with Gasteiger partial charge in [-0.25, -0.2) is 4.79 Å². The van der Waals surface area contributed by atoms with Gasteiger partial charge in [-0.3, -0.25) is 14.4 Å². The topological polar surface area (TPSA) is 134 Å². The molecule has 3 N–H and O–H groups in total.